The van der Waals surface area contributed by atoms with Gasteiger partial charge in [-0.1, -0.05) is 19.9 Å². The summed E-state index contributed by atoms with van der Waals surface area (Å²) in [6.45, 7) is 7.87. The number of benzene rings is 1. The van der Waals surface area contributed by atoms with E-state index in [1.807, 2.05) is 30.2 Å². The fourth-order valence-electron chi connectivity index (χ4n) is 1.43. The minimum Gasteiger partial charge on any atom is -0.398 e. The molecule has 0 fully saturated rings. The van der Waals surface area contributed by atoms with Crippen molar-refractivity contribution in [1.29, 1.82) is 0 Å². The molecule has 1 rings (SSSR count). The van der Waals surface area contributed by atoms with Crippen molar-refractivity contribution in [3.63, 3.8) is 0 Å². The molecule has 15 heavy (non-hydrogen) atoms. The molecule has 0 saturated carbocycles. The van der Waals surface area contributed by atoms with E-state index in [0.29, 0.717) is 0 Å². The molecule has 1 aromatic carbocycles. The van der Waals surface area contributed by atoms with Crippen molar-refractivity contribution in [2.45, 2.75) is 20.8 Å². The molecule has 0 aliphatic carbocycles. The second-order valence-corrected chi connectivity index (χ2v) is 3.35. The molecule has 0 aromatic heterocycles. The quantitative estimate of drug-likeness (QED) is 0.506. The van der Waals surface area contributed by atoms with E-state index in [4.69, 9.17) is 5.73 Å². The van der Waals surface area contributed by atoms with E-state index < -0.39 is 0 Å². The van der Waals surface area contributed by atoms with Gasteiger partial charge in [-0.25, -0.2) is 16.0 Å². The van der Waals surface area contributed by atoms with E-state index in [-0.39, 0.29) is 0 Å². The summed E-state index contributed by atoms with van der Waals surface area (Å²) in [7, 11) is 0. The molecule has 0 heterocycles. The fraction of sp³-hybridized carbons (Fsp3) is 0.455. The molecule has 0 aliphatic rings. The van der Waals surface area contributed by atoms with Crippen LogP contribution < -0.4 is 21.7 Å². The van der Waals surface area contributed by atoms with Gasteiger partial charge in [-0.15, -0.1) is 0 Å². The van der Waals surface area contributed by atoms with Gasteiger partial charge in [0.05, 0.1) is 5.69 Å². The van der Waals surface area contributed by atoms with Crippen LogP contribution in [-0.4, -0.2) is 13.1 Å². The van der Waals surface area contributed by atoms with E-state index in [2.05, 4.69) is 24.7 Å². The van der Waals surface area contributed by atoms with E-state index in [0.717, 1.165) is 30.0 Å². The molecule has 0 spiro atoms. The first-order valence-electron chi connectivity index (χ1n) is 5.32. The van der Waals surface area contributed by atoms with Gasteiger partial charge < -0.3 is 5.73 Å². The average molecular weight is 208 g/mol. The molecule has 4 N–H and O–H groups in total. The van der Waals surface area contributed by atoms with Gasteiger partial charge in [-0.2, -0.15) is 0 Å². The van der Waals surface area contributed by atoms with Crippen LogP contribution in [0.15, 0.2) is 18.2 Å². The monoisotopic (exact) mass is 208 g/mol. The van der Waals surface area contributed by atoms with Crippen LogP contribution in [0, 0.1) is 6.92 Å². The summed E-state index contributed by atoms with van der Waals surface area (Å²) in [4.78, 5) is 0. The zero-order valence-corrected chi connectivity index (χ0v) is 9.67. The number of nitrogens with one attached hydrogen (secondary N) is 2. The Morgan fingerprint density at radius 2 is 1.80 bits per heavy atom. The van der Waals surface area contributed by atoms with Gasteiger partial charge in [0.1, 0.15) is 0 Å². The minimum atomic E-state index is 0.813. The van der Waals surface area contributed by atoms with Gasteiger partial charge in [-0.05, 0) is 24.6 Å². The molecular weight excluding hydrogens is 188 g/mol. The summed E-state index contributed by atoms with van der Waals surface area (Å²) in [6, 6.07) is 5.91. The normalized spacial score (nSPS) is 10.3. The van der Waals surface area contributed by atoms with Crippen molar-refractivity contribution in [2.75, 3.05) is 23.9 Å². The molecule has 84 valence electrons. The Hall–Kier alpha value is -1.26. The summed E-state index contributed by atoms with van der Waals surface area (Å²) in [5.41, 5.74) is 15.3. The molecule has 1 aromatic rings. The molecule has 0 amide bonds. The lowest BCUT2D eigenvalue weighted by molar-refractivity contribution is 0.549. The molecule has 0 unspecified atom stereocenters. The van der Waals surface area contributed by atoms with Gasteiger partial charge in [-0.3, -0.25) is 0 Å². The van der Waals surface area contributed by atoms with Crippen molar-refractivity contribution in [1.82, 2.24) is 10.9 Å². The molecule has 0 radical (unpaired) electrons. The number of nitrogens with zero attached hydrogens (tertiary/aromatic N) is 1. The van der Waals surface area contributed by atoms with E-state index in [1.54, 1.807) is 0 Å². The highest BCUT2D eigenvalue weighted by atomic mass is 15.7. The lowest BCUT2D eigenvalue weighted by Crippen LogP contribution is -2.48. The lowest BCUT2D eigenvalue weighted by atomic mass is 10.1. The second-order valence-electron chi connectivity index (χ2n) is 3.35. The second kappa shape index (κ2) is 5.58. The number of rotatable bonds is 5. The van der Waals surface area contributed by atoms with Crippen LogP contribution in [-0.2, 0) is 0 Å². The fourth-order valence-corrected chi connectivity index (χ4v) is 1.43. The van der Waals surface area contributed by atoms with Gasteiger partial charge >= 0.3 is 0 Å². The third kappa shape index (κ3) is 2.84. The van der Waals surface area contributed by atoms with Gasteiger partial charge in [0, 0.05) is 18.8 Å². The number of nitrogen functional groups attached to an aromatic ring is 1. The maximum Gasteiger partial charge on any atom is 0.0751 e. The van der Waals surface area contributed by atoms with Crippen molar-refractivity contribution in [2.24, 2.45) is 0 Å². The lowest BCUT2D eigenvalue weighted by Gasteiger charge is -2.26. The average Bonchev–Trinajstić information content (AvgIpc) is 2.22. The van der Waals surface area contributed by atoms with Crippen LogP contribution in [0.5, 0.6) is 0 Å². The Bertz CT molecular complexity index is 305. The highest BCUT2D eigenvalue weighted by molar-refractivity contribution is 5.63. The Kier molecular flexibility index (Phi) is 4.39. The van der Waals surface area contributed by atoms with Crippen LogP contribution in [0.2, 0.25) is 0 Å². The zero-order valence-electron chi connectivity index (χ0n) is 9.67. The van der Waals surface area contributed by atoms with Crippen molar-refractivity contribution < 1.29 is 0 Å². The highest BCUT2D eigenvalue weighted by Crippen LogP contribution is 2.22. The smallest absolute Gasteiger partial charge is 0.0751 e. The topological polar surface area (TPSA) is 53.3 Å². The minimum absolute atomic E-state index is 0.813. The summed E-state index contributed by atoms with van der Waals surface area (Å²) >= 11 is 0. The van der Waals surface area contributed by atoms with Crippen LogP contribution in [0.1, 0.15) is 19.4 Å². The molecule has 4 nitrogen and oxygen atoms in total. The molecule has 0 saturated heterocycles. The third-order valence-electron chi connectivity index (χ3n) is 2.22. The first-order chi connectivity index (χ1) is 7.20. The molecule has 4 heteroatoms. The maximum atomic E-state index is 5.87. The predicted molar refractivity (Wildman–Crippen MR) is 65.4 cm³/mol. The van der Waals surface area contributed by atoms with Crippen molar-refractivity contribution in [3.8, 4) is 0 Å². The first kappa shape index (κ1) is 11.8. The van der Waals surface area contributed by atoms with Crippen LogP contribution >= 0.6 is 0 Å². The zero-order chi connectivity index (χ0) is 11.3. The summed E-state index contributed by atoms with van der Waals surface area (Å²) in [5, 5.41) is 1.92. The standard InChI is InChI=1S/C11H20N4/c1-4-13-15(14-5-2)11-8-6-7-10(12)9(11)3/h6-8,13-14H,4-5,12H2,1-3H3. The van der Waals surface area contributed by atoms with Crippen molar-refractivity contribution >= 4 is 11.4 Å². The van der Waals surface area contributed by atoms with Gasteiger partial charge in [0.25, 0.3) is 0 Å². The number of anilines is 2. The largest absolute Gasteiger partial charge is 0.398 e. The highest BCUT2D eigenvalue weighted by Gasteiger charge is 2.08. The van der Waals surface area contributed by atoms with E-state index >= 15 is 0 Å². The van der Waals surface area contributed by atoms with Crippen LogP contribution in [0.4, 0.5) is 11.4 Å². The Balaban J connectivity index is 2.94. The Labute approximate surface area is 91.4 Å². The molecule has 0 aliphatic heterocycles. The van der Waals surface area contributed by atoms with E-state index in [1.165, 1.54) is 0 Å². The molecule has 0 bridgehead atoms. The number of hydrogen-bond donors (Lipinski definition) is 3. The van der Waals surface area contributed by atoms with Crippen LogP contribution in [0.3, 0.4) is 0 Å². The number of nitrogens with two attached hydrogens (primary N) is 1. The van der Waals surface area contributed by atoms with Gasteiger partial charge in [0.2, 0.25) is 0 Å². The van der Waals surface area contributed by atoms with Gasteiger partial charge in [0.15, 0.2) is 0 Å². The third-order valence-corrected chi connectivity index (χ3v) is 2.22. The summed E-state index contributed by atoms with van der Waals surface area (Å²) in [6.07, 6.45) is 0. The van der Waals surface area contributed by atoms with Crippen LogP contribution in [0.25, 0.3) is 0 Å². The summed E-state index contributed by atoms with van der Waals surface area (Å²) < 4.78 is 0. The van der Waals surface area contributed by atoms with E-state index in [9.17, 15) is 0 Å². The SMILES string of the molecule is CCNN(NCC)c1cccc(N)c1C. The molecule has 0 atom stereocenters. The molecular formula is C11H20N4. The van der Waals surface area contributed by atoms with Crippen molar-refractivity contribution in [3.05, 3.63) is 23.8 Å². The Morgan fingerprint density at radius 1 is 1.20 bits per heavy atom. The first-order valence-corrected chi connectivity index (χ1v) is 5.32. The number of hydrazine groups is 2. The number of hydrogen-bond acceptors (Lipinski definition) is 4. The predicted octanol–water partition coefficient (Wildman–Crippen LogP) is 1.43. The Morgan fingerprint density at radius 3 is 2.33 bits per heavy atom. The maximum absolute atomic E-state index is 5.87. The summed E-state index contributed by atoms with van der Waals surface area (Å²) in [5.74, 6) is 0.